The maximum atomic E-state index is 5.55. The largest absolute Gasteiger partial charge is 0.491 e. The van der Waals surface area contributed by atoms with E-state index in [9.17, 15) is 0 Å². The van der Waals surface area contributed by atoms with Crippen LogP contribution < -0.4 is 4.74 Å². The molecule has 0 aliphatic rings. The molecule has 1 rings (SSSR count). The second-order valence-electron chi connectivity index (χ2n) is 3.72. The molecule has 1 aromatic heterocycles. The van der Waals surface area contributed by atoms with Gasteiger partial charge >= 0.3 is 0 Å². The van der Waals surface area contributed by atoms with Gasteiger partial charge in [0.2, 0.25) is 0 Å². The van der Waals surface area contributed by atoms with Crippen LogP contribution in [0.15, 0.2) is 12.1 Å². The van der Waals surface area contributed by atoms with Crippen LogP contribution in [-0.4, -0.2) is 51.7 Å². The molecular weight excluding hydrogens is 373 g/mol. The molecule has 5 nitrogen and oxygen atoms in total. The quantitative estimate of drug-likeness (QED) is 0.263. The molecule has 0 aliphatic heterocycles. The van der Waals surface area contributed by atoms with Crippen LogP contribution in [0.1, 0.15) is 5.69 Å². The highest BCUT2D eigenvalue weighted by molar-refractivity contribution is 14.1. The lowest BCUT2D eigenvalue weighted by Gasteiger charge is -2.08. The summed E-state index contributed by atoms with van der Waals surface area (Å²) in [5.41, 5.74) is 0.569. The van der Waals surface area contributed by atoms with Crippen molar-refractivity contribution in [1.29, 1.82) is 0 Å². The SMILES string of the molecule is C#Cc1cc(OCCOCCOCCOC)cc(I)n1. The van der Waals surface area contributed by atoms with Crippen molar-refractivity contribution in [2.24, 2.45) is 0 Å². The molecule has 110 valence electrons. The second kappa shape index (κ2) is 10.9. The summed E-state index contributed by atoms with van der Waals surface area (Å²) in [6, 6.07) is 3.56. The molecule has 0 saturated heterocycles. The summed E-state index contributed by atoms with van der Waals surface area (Å²) in [4.78, 5) is 4.16. The molecule has 0 spiro atoms. The van der Waals surface area contributed by atoms with Crippen LogP contribution in [0.25, 0.3) is 0 Å². The zero-order valence-corrected chi connectivity index (χ0v) is 13.6. The first-order chi connectivity index (χ1) is 9.76. The fourth-order valence-electron chi connectivity index (χ4n) is 1.31. The van der Waals surface area contributed by atoms with E-state index in [-0.39, 0.29) is 0 Å². The Morgan fingerprint density at radius 2 is 1.75 bits per heavy atom. The summed E-state index contributed by atoms with van der Waals surface area (Å²) in [6.07, 6.45) is 5.31. The summed E-state index contributed by atoms with van der Waals surface area (Å²) >= 11 is 2.10. The van der Waals surface area contributed by atoms with Crippen molar-refractivity contribution in [1.82, 2.24) is 4.98 Å². The lowest BCUT2D eigenvalue weighted by atomic mass is 10.3. The topological polar surface area (TPSA) is 49.8 Å². The summed E-state index contributed by atoms with van der Waals surface area (Å²) in [5, 5.41) is 0. The van der Waals surface area contributed by atoms with Crippen LogP contribution in [0.5, 0.6) is 5.75 Å². The van der Waals surface area contributed by atoms with Crippen molar-refractivity contribution >= 4 is 22.6 Å². The normalized spacial score (nSPS) is 10.2. The van der Waals surface area contributed by atoms with E-state index in [1.54, 1.807) is 13.2 Å². The van der Waals surface area contributed by atoms with Crippen LogP contribution in [0.4, 0.5) is 0 Å². The van der Waals surface area contributed by atoms with Crippen LogP contribution in [0.3, 0.4) is 0 Å². The van der Waals surface area contributed by atoms with E-state index < -0.39 is 0 Å². The maximum absolute atomic E-state index is 5.55. The van der Waals surface area contributed by atoms with Gasteiger partial charge in [-0.3, -0.25) is 0 Å². The molecule has 0 fully saturated rings. The monoisotopic (exact) mass is 391 g/mol. The predicted octanol–water partition coefficient (Wildman–Crippen LogP) is 1.73. The number of aromatic nitrogens is 1. The predicted molar refractivity (Wildman–Crippen MR) is 83.9 cm³/mol. The van der Waals surface area contributed by atoms with E-state index in [4.69, 9.17) is 25.4 Å². The molecule has 0 atom stereocenters. The fourth-order valence-corrected chi connectivity index (χ4v) is 1.88. The van der Waals surface area contributed by atoms with Crippen molar-refractivity contribution in [3.05, 3.63) is 21.5 Å². The Labute approximate surface area is 133 Å². The van der Waals surface area contributed by atoms with Crippen molar-refractivity contribution in [2.75, 3.05) is 46.8 Å². The molecule has 0 bridgehead atoms. The Kier molecular flexibility index (Phi) is 9.32. The number of hydrogen-bond donors (Lipinski definition) is 0. The molecule has 0 amide bonds. The number of ether oxygens (including phenoxy) is 4. The average Bonchev–Trinajstić information content (AvgIpc) is 2.45. The van der Waals surface area contributed by atoms with Crippen molar-refractivity contribution in [3.63, 3.8) is 0 Å². The number of pyridine rings is 1. The van der Waals surface area contributed by atoms with Gasteiger partial charge in [0, 0.05) is 19.2 Å². The lowest BCUT2D eigenvalue weighted by molar-refractivity contribution is 0.0179. The van der Waals surface area contributed by atoms with Crippen molar-refractivity contribution < 1.29 is 18.9 Å². The standard InChI is InChI=1S/C14H18INO4/c1-3-12-10-13(11-14(15)16-12)20-9-8-19-7-6-18-5-4-17-2/h1,10-11H,4-9H2,2H3. The fraction of sp³-hybridized carbons (Fsp3) is 0.500. The summed E-state index contributed by atoms with van der Waals surface area (Å²) in [5.74, 6) is 3.20. The summed E-state index contributed by atoms with van der Waals surface area (Å²) in [6.45, 7) is 3.23. The molecule has 0 aromatic carbocycles. The zero-order chi connectivity index (χ0) is 14.6. The maximum Gasteiger partial charge on any atom is 0.124 e. The third-order valence-electron chi connectivity index (χ3n) is 2.22. The van der Waals surface area contributed by atoms with Gasteiger partial charge in [0.05, 0.1) is 33.0 Å². The first-order valence-electron chi connectivity index (χ1n) is 6.17. The van der Waals surface area contributed by atoms with Gasteiger partial charge in [-0.05, 0) is 22.6 Å². The van der Waals surface area contributed by atoms with Gasteiger partial charge in [0.25, 0.3) is 0 Å². The number of terminal acetylenes is 1. The first-order valence-corrected chi connectivity index (χ1v) is 7.25. The number of nitrogens with zero attached hydrogens (tertiary/aromatic N) is 1. The molecule has 6 heteroatoms. The Morgan fingerprint density at radius 1 is 1.10 bits per heavy atom. The first kappa shape index (κ1) is 17.2. The van der Waals surface area contributed by atoms with Gasteiger partial charge in [-0.1, -0.05) is 5.92 Å². The molecule has 20 heavy (non-hydrogen) atoms. The molecule has 0 aliphatic carbocycles. The minimum absolute atomic E-state index is 0.460. The molecule has 0 radical (unpaired) electrons. The molecule has 1 aromatic rings. The summed E-state index contributed by atoms with van der Waals surface area (Å²) in [7, 11) is 1.64. The average molecular weight is 391 g/mol. The van der Waals surface area contributed by atoms with Gasteiger partial charge in [-0.15, -0.1) is 6.42 Å². The second-order valence-corrected chi connectivity index (χ2v) is 4.83. The molecule has 0 saturated carbocycles. The third kappa shape index (κ3) is 7.65. The van der Waals surface area contributed by atoms with Crippen LogP contribution in [0, 0.1) is 16.0 Å². The Bertz CT molecular complexity index is 434. The van der Waals surface area contributed by atoms with E-state index in [1.165, 1.54) is 0 Å². The highest BCUT2D eigenvalue weighted by Crippen LogP contribution is 2.15. The number of methoxy groups -OCH3 is 1. The Morgan fingerprint density at radius 3 is 2.40 bits per heavy atom. The highest BCUT2D eigenvalue weighted by atomic mass is 127. The smallest absolute Gasteiger partial charge is 0.124 e. The molecule has 0 N–H and O–H groups in total. The van der Waals surface area contributed by atoms with Gasteiger partial charge in [0.15, 0.2) is 0 Å². The van der Waals surface area contributed by atoms with Crippen LogP contribution in [0.2, 0.25) is 0 Å². The number of hydrogen-bond acceptors (Lipinski definition) is 5. The summed E-state index contributed by atoms with van der Waals surface area (Å²) < 4.78 is 21.8. The molecular formula is C14H18INO4. The van der Waals surface area contributed by atoms with Crippen molar-refractivity contribution in [2.45, 2.75) is 0 Å². The zero-order valence-electron chi connectivity index (χ0n) is 11.4. The van der Waals surface area contributed by atoms with E-state index in [2.05, 4.69) is 33.5 Å². The van der Waals surface area contributed by atoms with Gasteiger partial charge in [-0.2, -0.15) is 0 Å². The van der Waals surface area contributed by atoms with Crippen LogP contribution in [-0.2, 0) is 14.2 Å². The lowest BCUT2D eigenvalue weighted by Crippen LogP contribution is -2.12. The number of halogens is 1. The van der Waals surface area contributed by atoms with Gasteiger partial charge in [0.1, 0.15) is 21.8 Å². The minimum Gasteiger partial charge on any atom is -0.491 e. The van der Waals surface area contributed by atoms with E-state index >= 15 is 0 Å². The molecule has 1 heterocycles. The van der Waals surface area contributed by atoms with Gasteiger partial charge in [-0.25, -0.2) is 4.98 Å². The van der Waals surface area contributed by atoms with Crippen LogP contribution >= 0.6 is 22.6 Å². The Balaban J connectivity index is 2.10. The van der Waals surface area contributed by atoms with E-state index in [0.29, 0.717) is 51.1 Å². The minimum atomic E-state index is 0.460. The van der Waals surface area contributed by atoms with Crippen molar-refractivity contribution in [3.8, 4) is 18.1 Å². The molecule has 0 unspecified atom stereocenters. The highest BCUT2D eigenvalue weighted by Gasteiger charge is 2.00. The third-order valence-corrected chi connectivity index (χ3v) is 2.77. The Hall–Kier alpha value is -0.880. The number of rotatable bonds is 10. The van der Waals surface area contributed by atoms with Gasteiger partial charge < -0.3 is 18.9 Å². The van der Waals surface area contributed by atoms with E-state index in [0.717, 1.165) is 3.70 Å². The van der Waals surface area contributed by atoms with E-state index in [1.807, 2.05) is 6.07 Å².